The molecule has 2 amide bonds. The fourth-order valence-corrected chi connectivity index (χ4v) is 6.83. The first-order valence-corrected chi connectivity index (χ1v) is 13.8. The molecule has 4 rings (SSSR count). The number of fused-ring (bicyclic) bond motifs is 1. The Morgan fingerprint density at radius 3 is 2.36 bits per heavy atom. The average Bonchev–Trinajstić information content (AvgIpc) is 3.29. The highest BCUT2D eigenvalue weighted by atomic mass is 32.2. The van der Waals surface area contributed by atoms with Gasteiger partial charge in [0.2, 0.25) is 21.8 Å². The van der Waals surface area contributed by atoms with Crippen LogP contribution in [0.1, 0.15) is 50.7 Å². The molecule has 0 saturated carbocycles. The molecule has 0 bridgehead atoms. The van der Waals surface area contributed by atoms with Gasteiger partial charge in [0.15, 0.2) is 0 Å². The van der Waals surface area contributed by atoms with Crippen LogP contribution in [0.3, 0.4) is 0 Å². The van der Waals surface area contributed by atoms with Gasteiger partial charge in [0, 0.05) is 19.2 Å². The van der Waals surface area contributed by atoms with E-state index in [0.29, 0.717) is 13.0 Å². The SMILES string of the molecule is CC(C)[C@H]1C(=O)N(S(C)(=O)=O)[C@H]2CCN(C(=O)/C=C/c3ccc(CN4CCCCC4)cc3)[C@H]12. The monoisotopic (exact) mass is 473 g/mol. The highest BCUT2D eigenvalue weighted by molar-refractivity contribution is 7.88. The zero-order valence-electron chi connectivity index (χ0n) is 19.8. The number of sulfonamides is 1. The fraction of sp³-hybridized carbons (Fsp3) is 0.600. The Hall–Kier alpha value is -2.19. The minimum Gasteiger partial charge on any atom is -0.333 e. The lowest BCUT2D eigenvalue weighted by atomic mass is 9.88. The standard InChI is InChI=1S/C25H35N3O4S/c1-18(2)23-24-21(28(25(23)30)33(3,31)32)13-16-27(24)22(29)12-11-19-7-9-20(10-8-19)17-26-14-5-4-6-15-26/h7-12,18,21,23-24H,4-6,13-17H2,1-3H3/b12-11+/t21-,23+,24-/m0/s1. The average molecular weight is 474 g/mol. The van der Waals surface area contributed by atoms with E-state index in [9.17, 15) is 18.0 Å². The second-order valence-corrected chi connectivity index (χ2v) is 11.8. The molecule has 8 heteroatoms. The van der Waals surface area contributed by atoms with E-state index in [1.54, 1.807) is 17.1 Å². The van der Waals surface area contributed by atoms with Gasteiger partial charge in [0.25, 0.3) is 0 Å². The number of carbonyl (C=O) groups excluding carboxylic acids is 2. The molecule has 7 nitrogen and oxygen atoms in total. The molecule has 3 saturated heterocycles. The fourth-order valence-electron chi connectivity index (χ4n) is 5.66. The van der Waals surface area contributed by atoms with Crippen molar-refractivity contribution >= 4 is 27.9 Å². The number of nitrogens with zero attached hydrogens (tertiary/aromatic N) is 3. The Kier molecular flexibility index (Phi) is 6.96. The Bertz CT molecular complexity index is 1010. The number of carbonyl (C=O) groups is 2. The van der Waals surface area contributed by atoms with Crippen LogP contribution in [-0.4, -0.2) is 72.3 Å². The van der Waals surface area contributed by atoms with Crippen molar-refractivity contribution in [1.29, 1.82) is 0 Å². The topological polar surface area (TPSA) is 78.0 Å². The van der Waals surface area contributed by atoms with Crippen LogP contribution < -0.4 is 0 Å². The molecule has 1 aromatic rings. The van der Waals surface area contributed by atoms with Crippen LogP contribution in [0, 0.1) is 11.8 Å². The van der Waals surface area contributed by atoms with Crippen LogP contribution >= 0.6 is 0 Å². The number of likely N-dealkylation sites (tertiary alicyclic amines) is 2. The van der Waals surface area contributed by atoms with Crippen LogP contribution in [0.4, 0.5) is 0 Å². The summed E-state index contributed by atoms with van der Waals surface area (Å²) >= 11 is 0. The summed E-state index contributed by atoms with van der Waals surface area (Å²) in [6, 6.07) is 7.40. The molecule has 3 heterocycles. The number of rotatable bonds is 6. The molecule has 0 N–H and O–H groups in total. The Morgan fingerprint density at radius 1 is 1.09 bits per heavy atom. The number of hydrogen-bond donors (Lipinski definition) is 0. The molecule has 33 heavy (non-hydrogen) atoms. The summed E-state index contributed by atoms with van der Waals surface area (Å²) < 4.78 is 25.6. The van der Waals surface area contributed by atoms with Gasteiger partial charge in [-0.3, -0.25) is 14.5 Å². The maximum absolute atomic E-state index is 13.1. The molecule has 3 atom stereocenters. The van der Waals surface area contributed by atoms with Crippen molar-refractivity contribution in [3.8, 4) is 0 Å². The third kappa shape index (κ3) is 5.01. The van der Waals surface area contributed by atoms with Gasteiger partial charge in [0.05, 0.1) is 24.3 Å². The molecular weight excluding hydrogens is 438 g/mol. The Morgan fingerprint density at radius 2 is 1.76 bits per heavy atom. The van der Waals surface area contributed by atoms with E-state index in [4.69, 9.17) is 0 Å². The predicted molar refractivity (Wildman–Crippen MR) is 129 cm³/mol. The van der Waals surface area contributed by atoms with Crippen molar-refractivity contribution < 1.29 is 18.0 Å². The molecule has 0 aliphatic carbocycles. The van der Waals surface area contributed by atoms with Crippen molar-refractivity contribution in [3.05, 3.63) is 41.5 Å². The number of amides is 2. The van der Waals surface area contributed by atoms with Crippen molar-refractivity contribution in [1.82, 2.24) is 14.1 Å². The van der Waals surface area contributed by atoms with E-state index in [-0.39, 0.29) is 17.7 Å². The minimum absolute atomic E-state index is 0.0541. The van der Waals surface area contributed by atoms with Crippen molar-refractivity contribution in [2.45, 2.75) is 58.2 Å². The van der Waals surface area contributed by atoms with E-state index in [1.807, 2.05) is 26.0 Å². The van der Waals surface area contributed by atoms with E-state index >= 15 is 0 Å². The van der Waals surface area contributed by atoms with Gasteiger partial charge in [-0.2, -0.15) is 0 Å². The normalized spacial score (nSPS) is 26.5. The predicted octanol–water partition coefficient (Wildman–Crippen LogP) is 2.73. The van der Waals surface area contributed by atoms with Gasteiger partial charge >= 0.3 is 0 Å². The lowest BCUT2D eigenvalue weighted by Gasteiger charge is -2.28. The summed E-state index contributed by atoms with van der Waals surface area (Å²) in [7, 11) is -3.67. The highest BCUT2D eigenvalue weighted by Gasteiger charge is 2.58. The molecule has 3 aliphatic rings. The first kappa shape index (κ1) is 24.0. The highest BCUT2D eigenvalue weighted by Crippen LogP contribution is 2.41. The summed E-state index contributed by atoms with van der Waals surface area (Å²) in [6.07, 6.45) is 8.77. The lowest BCUT2D eigenvalue weighted by Crippen LogP contribution is -2.43. The Labute approximate surface area is 197 Å². The first-order chi connectivity index (χ1) is 15.7. The summed E-state index contributed by atoms with van der Waals surface area (Å²) in [5.41, 5.74) is 2.22. The second-order valence-electron chi connectivity index (χ2n) is 9.96. The molecule has 0 spiro atoms. The molecule has 3 fully saturated rings. The van der Waals surface area contributed by atoms with Crippen LogP contribution in [0.25, 0.3) is 6.08 Å². The van der Waals surface area contributed by atoms with Crippen molar-refractivity contribution in [2.24, 2.45) is 11.8 Å². The molecular formula is C25H35N3O4S. The second kappa shape index (κ2) is 9.58. The summed E-state index contributed by atoms with van der Waals surface area (Å²) in [6.45, 7) is 7.55. The van der Waals surface area contributed by atoms with Crippen LogP contribution in [-0.2, 0) is 26.2 Å². The van der Waals surface area contributed by atoms with Gasteiger partial charge in [0.1, 0.15) is 0 Å². The molecule has 1 aromatic carbocycles. The van der Waals surface area contributed by atoms with Crippen molar-refractivity contribution in [3.63, 3.8) is 0 Å². The zero-order valence-corrected chi connectivity index (χ0v) is 20.6. The van der Waals surface area contributed by atoms with E-state index in [2.05, 4.69) is 17.0 Å². The molecule has 180 valence electrons. The van der Waals surface area contributed by atoms with Gasteiger partial charge in [-0.05, 0) is 55.5 Å². The number of hydrogen-bond acceptors (Lipinski definition) is 5. The molecule has 0 unspecified atom stereocenters. The van der Waals surface area contributed by atoms with Gasteiger partial charge in [-0.25, -0.2) is 12.7 Å². The van der Waals surface area contributed by atoms with Gasteiger partial charge in [-0.15, -0.1) is 0 Å². The summed E-state index contributed by atoms with van der Waals surface area (Å²) in [5.74, 6) is -1.11. The maximum atomic E-state index is 13.1. The number of benzene rings is 1. The number of piperidine rings is 1. The minimum atomic E-state index is -3.67. The van der Waals surface area contributed by atoms with Crippen LogP contribution in [0.2, 0.25) is 0 Å². The van der Waals surface area contributed by atoms with Crippen LogP contribution in [0.5, 0.6) is 0 Å². The summed E-state index contributed by atoms with van der Waals surface area (Å²) in [5, 5.41) is 0. The third-order valence-corrected chi connectivity index (χ3v) is 8.37. The quantitative estimate of drug-likeness (QED) is 0.594. The summed E-state index contributed by atoms with van der Waals surface area (Å²) in [4.78, 5) is 30.2. The Balaban J connectivity index is 1.44. The molecule has 3 aliphatic heterocycles. The van der Waals surface area contributed by atoms with E-state index in [0.717, 1.165) is 35.8 Å². The molecule has 0 radical (unpaired) electrons. The van der Waals surface area contributed by atoms with Crippen molar-refractivity contribution in [2.75, 3.05) is 25.9 Å². The van der Waals surface area contributed by atoms with Gasteiger partial charge in [-0.1, -0.05) is 44.5 Å². The maximum Gasteiger partial charge on any atom is 0.246 e. The first-order valence-electron chi connectivity index (χ1n) is 12.0. The van der Waals surface area contributed by atoms with Crippen LogP contribution in [0.15, 0.2) is 30.3 Å². The third-order valence-electron chi connectivity index (χ3n) is 7.20. The van der Waals surface area contributed by atoms with Gasteiger partial charge < -0.3 is 4.90 Å². The largest absolute Gasteiger partial charge is 0.333 e. The molecule has 0 aromatic heterocycles. The zero-order chi connectivity index (χ0) is 23.8. The van der Waals surface area contributed by atoms with E-state index in [1.165, 1.54) is 24.8 Å². The van der Waals surface area contributed by atoms with E-state index < -0.39 is 28.0 Å². The smallest absolute Gasteiger partial charge is 0.246 e. The lowest BCUT2D eigenvalue weighted by molar-refractivity contribution is -0.131.